The normalized spacial score (nSPS) is 19.6. The molecular formula is C26H32FN3O. The lowest BCUT2D eigenvalue weighted by atomic mass is 9.74. The number of halogens is 1. The highest BCUT2D eigenvalue weighted by Crippen LogP contribution is 2.37. The average Bonchev–Trinajstić information content (AvgIpc) is 3.49. The van der Waals surface area contributed by atoms with Crippen LogP contribution in [0.5, 0.6) is 0 Å². The lowest BCUT2D eigenvalue weighted by Crippen LogP contribution is -2.43. The van der Waals surface area contributed by atoms with E-state index in [0.717, 1.165) is 49.5 Å². The second-order valence-corrected chi connectivity index (χ2v) is 9.58. The Bertz CT molecular complexity index is 1050. The number of fused-ring (bicyclic) bond motifs is 1. The minimum atomic E-state index is -0.189. The second kappa shape index (κ2) is 8.36. The third-order valence-corrected chi connectivity index (χ3v) is 7.04. The molecule has 5 heteroatoms. The van der Waals surface area contributed by atoms with E-state index in [9.17, 15) is 4.39 Å². The van der Waals surface area contributed by atoms with Crippen molar-refractivity contribution in [2.45, 2.75) is 57.6 Å². The van der Waals surface area contributed by atoms with Gasteiger partial charge in [-0.25, -0.2) is 4.39 Å². The molecule has 0 spiro atoms. The van der Waals surface area contributed by atoms with Crippen LogP contribution in [-0.2, 0) is 16.7 Å². The maximum Gasteiger partial charge on any atom is 0.123 e. The zero-order chi connectivity index (χ0) is 21.4. The predicted octanol–water partition coefficient (Wildman–Crippen LogP) is 5.29. The Morgan fingerprint density at radius 2 is 1.94 bits per heavy atom. The molecule has 3 aromatic rings. The monoisotopic (exact) mass is 421 g/mol. The van der Waals surface area contributed by atoms with Crippen molar-refractivity contribution < 1.29 is 9.13 Å². The summed E-state index contributed by atoms with van der Waals surface area (Å²) in [5.74, 6) is 0.606. The van der Waals surface area contributed by atoms with E-state index < -0.39 is 0 Å². The van der Waals surface area contributed by atoms with E-state index in [1.165, 1.54) is 29.4 Å². The largest absolute Gasteiger partial charge is 0.373 e. The zero-order valence-electron chi connectivity index (χ0n) is 18.5. The van der Waals surface area contributed by atoms with Crippen molar-refractivity contribution in [3.63, 3.8) is 0 Å². The van der Waals surface area contributed by atoms with Crippen LogP contribution in [0.3, 0.4) is 0 Å². The molecule has 4 nitrogen and oxygen atoms in total. The summed E-state index contributed by atoms with van der Waals surface area (Å²) in [7, 11) is 0. The summed E-state index contributed by atoms with van der Waals surface area (Å²) in [6.45, 7) is 7.82. The first-order valence-electron chi connectivity index (χ1n) is 11.6. The van der Waals surface area contributed by atoms with E-state index in [4.69, 9.17) is 9.84 Å². The first kappa shape index (κ1) is 20.7. The Kier molecular flexibility index (Phi) is 5.57. The van der Waals surface area contributed by atoms with Crippen LogP contribution in [0, 0.1) is 18.7 Å². The van der Waals surface area contributed by atoms with Gasteiger partial charge in [0, 0.05) is 29.1 Å². The highest BCUT2D eigenvalue weighted by molar-refractivity contribution is 5.82. The molecule has 164 valence electrons. The van der Waals surface area contributed by atoms with Crippen molar-refractivity contribution in [3.05, 3.63) is 65.1 Å². The fourth-order valence-electron chi connectivity index (χ4n) is 4.94. The first-order valence-corrected chi connectivity index (χ1v) is 11.6. The standard InChI is InChI=1S/C26H32FN3O/c1-18-13-21-16-30(15-20-3-4-20)29-25(21)24(14-18)19(2)31-17-26(9-11-28-12-10-26)22-5-7-23(27)8-6-22/h5-8,13-14,16,19-20,28H,3-4,9-12,15,17H2,1-2H3. The first-order chi connectivity index (χ1) is 15.0. The van der Waals surface area contributed by atoms with Gasteiger partial charge in [0.25, 0.3) is 0 Å². The lowest BCUT2D eigenvalue weighted by molar-refractivity contribution is 0.0172. The predicted molar refractivity (Wildman–Crippen MR) is 122 cm³/mol. The Hall–Kier alpha value is -2.24. The SMILES string of the molecule is Cc1cc(C(C)OCC2(c3ccc(F)cc3)CCNCC2)c2nn(CC3CC3)cc2c1. The van der Waals surface area contributed by atoms with Gasteiger partial charge in [-0.15, -0.1) is 0 Å². The van der Waals surface area contributed by atoms with Crippen LogP contribution in [-0.4, -0.2) is 29.5 Å². The molecule has 2 aromatic carbocycles. The van der Waals surface area contributed by atoms with E-state index in [1.807, 2.05) is 12.1 Å². The van der Waals surface area contributed by atoms with Gasteiger partial charge >= 0.3 is 0 Å². The number of aromatic nitrogens is 2. The van der Waals surface area contributed by atoms with Gasteiger partial charge in [0.1, 0.15) is 5.82 Å². The summed E-state index contributed by atoms with van der Waals surface area (Å²) >= 11 is 0. The number of hydrogen-bond donors (Lipinski definition) is 1. The number of nitrogens with zero attached hydrogens (tertiary/aromatic N) is 2. The number of ether oxygens (including phenoxy) is 1. The van der Waals surface area contributed by atoms with Crippen LogP contribution in [0.25, 0.3) is 10.9 Å². The Balaban J connectivity index is 1.39. The van der Waals surface area contributed by atoms with Crippen LogP contribution < -0.4 is 5.32 Å². The van der Waals surface area contributed by atoms with E-state index in [0.29, 0.717) is 6.61 Å². The molecule has 1 aromatic heterocycles. The molecule has 1 N–H and O–H groups in total. The molecule has 31 heavy (non-hydrogen) atoms. The summed E-state index contributed by atoms with van der Waals surface area (Å²) in [6, 6.07) is 11.4. The number of rotatable bonds is 7. The minimum Gasteiger partial charge on any atom is -0.373 e. The van der Waals surface area contributed by atoms with E-state index in [-0.39, 0.29) is 17.3 Å². The molecule has 2 fully saturated rings. The van der Waals surface area contributed by atoms with Crippen molar-refractivity contribution in [3.8, 4) is 0 Å². The molecule has 1 saturated carbocycles. The fraction of sp³-hybridized carbons (Fsp3) is 0.500. The molecule has 0 bridgehead atoms. The summed E-state index contributed by atoms with van der Waals surface area (Å²) in [4.78, 5) is 0. The molecule has 1 atom stereocenters. The molecule has 5 rings (SSSR count). The van der Waals surface area contributed by atoms with Gasteiger partial charge in [0.2, 0.25) is 0 Å². The number of aryl methyl sites for hydroxylation is 1. The highest BCUT2D eigenvalue weighted by atomic mass is 19.1. The van der Waals surface area contributed by atoms with Crippen molar-refractivity contribution in [1.29, 1.82) is 0 Å². The number of piperidine rings is 1. The molecule has 1 aliphatic carbocycles. The smallest absolute Gasteiger partial charge is 0.123 e. The summed E-state index contributed by atoms with van der Waals surface area (Å²) in [6.07, 6.45) is 6.75. The maximum absolute atomic E-state index is 13.5. The second-order valence-electron chi connectivity index (χ2n) is 9.58. The molecule has 0 amide bonds. The third kappa shape index (κ3) is 4.39. The summed E-state index contributed by atoms with van der Waals surface area (Å²) < 4.78 is 22.2. The fourth-order valence-corrected chi connectivity index (χ4v) is 4.94. The van der Waals surface area contributed by atoms with E-state index in [1.54, 1.807) is 12.1 Å². The van der Waals surface area contributed by atoms with Crippen LogP contribution in [0.1, 0.15) is 55.4 Å². The molecule has 2 aliphatic rings. The van der Waals surface area contributed by atoms with Crippen molar-refractivity contribution in [2.24, 2.45) is 5.92 Å². The summed E-state index contributed by atoms with van der Waals surface area (Å²) in [5.41, 5.74) is 4.54. The van der Waals surface area contributed by atoms with Crippen LogP contribution >= 0.6 is 0 Å². The number of benzene rings is 2. The molecule has 1 unspecified atom stereocenters. The van der Waals surface area contributed by atoms with Crippen LogP contribution in [0.15, 0.2) is 42.6 Å². The molecule has 1 saturated heterocycles. The number of hydrogen-bond acceptors (Lipinski definition) is 3. The Morgan fingerprint density at radius 3 is 2.65 bits per heavy atom. The van der Waals surface area contributed by atoms with Gasteiger partial charge in [0.05, 0.1) is 18.2 Å². The molecule has 1 aliphatic heterocycles. The quantitative estimate of drug-likeness (QED) is 0.563. The van der Waals surface area contributed by atoms with Crippen molar-refractivity contribution >= 4 is 10.9 Å². The van der Waals surface area contributed by atoms with E-state index in [2.05, 4.69) is 42.2 Å². The van der Waals surface area contributed by atoms with Gasteiger partial charge < -0.3 is 10.1 Å². The van der Waals surface area contributed by atoms with Gasteiger partial charge in [-0.2, -0.15) is 5.10 Å². The Labute approximate surface area is 183 Å². The topological polar surface area (TPSA) is 39.1 Å². The van der Waals surface area contributed by atoms with Gasteiger partial charge in [-0.05, 0) is 87.9 Å². The molecule has 2 heterocycles. The average molecular weight is 422 g/mol. The van der Waals surface area contributed by atoms with Gasteiger partial charge in [-0.1, -0.05) is 18.2 Å². The zero-order valence-corrected chi connectivity index (χ0v) is 18.5. The van der Waals surface area contributed by atoms with Crippen molar-refractivity contribution in [1.82, 2.24) is 15.1 Å². The molecular weight excluding hydrogens is 389 g/mol. The number of nitrogens with one attached hydrogen (secondary N) is 1. The third-order valence-electron chi connectivity index (χ3n) is 7.04. The maximum atomic E-state index is 13.5. The molecule has 0 radical (unpaired) electrons. The summed E-state index contributed by atoms with van der Waals surface area (Å²) in [5, 5.41) is 9.57. The Morgan fingerprint density at radius 1 is 1.19 bits per heavy atom. The van der Waals surface area contributed by atoms with Gasteiger partial charge in [-0.3, -0.25) is 4.68 Å². The lowest BCUT2D eigenvalue weighted by Gasteiger charge is -2.38. The van der Waals surface area contributed by atoms with Crippen LogP contribution in [0.4, 0.5) is 4.39 Å². The van der Waals surface area contributed by atoms with E-state index >= 15 is 0 Å². The minimum absolute atomic E-state index is 0.0566. The van der Waals surface area contributed by atoms with Crippen molar-refractivity contribution in [2.75, 3.05) is 19.7 Å². The van der Waals surface area contributed by atoms with Crippen LogP contribution in [0.2, 0.25) is 0 Å². The van der Waals surface area contributed by atoms with Gasteiger partial charge in [0.15, 0.2) is 0 Å². The highest BCUT2D eigenvalue weighted by Gasteiger charge is 2.35.